The van der Waals surface area contributed by atoms with Gasteiger partial charge in [-0.15, -0.1) is 0 Å². The Hall–Kier alpha value is -1.13. The molecule has 0 aromatic carbocycles. The second kappa shape index (κ2) is 5.27. The highest BCUT2D eigenvalue weighted by atomic mass is 32.1. The van der Waals surface area contributed by atoms with E-state index in [2.05, 4.69) is 41.1 Å². The molecular formula is C12H17N3S. The van der Waals surface area contributed by atoms with Gasteiger partial charge in [-0.3, -0.25) is 4.68 Å². The number of hydrogen-bond acceptors (Lipinski definition) is 3. The van der Waals surface area contributed by atoms with E-state index in [0.717, 1.165) is 6.54 Å². The molecule has 0 aliphatic carbocycles. The van der Waals surface area contributed by atoms with Gasteiger partial charge in [-0.05, 0) is 42.3 Å². The molecule has 0 aliphatic heterocycles. The van der Waals surface area contributed by atoms with E-state index in [-0.39, 0.29) is 0 Å². The van der Waals surface area contributed by atoms with E-state index >= 15 is 0 Å². The van der Waals surface area contributed by atoms with Crippen LogP contribution in [0.5, 0.6) is 0 Å². The van der Waals surface area contributed by atoms with E-state index < -0.39 is 0 Å². The summed E-state index contributed by atoms with van der Waals surface area (Å²) in [5, 5.41) is 12.1. The summed E-state index contributed by atoms with van der Waals surface area (Å²) < 4.78 is 1.99. The van der Waals surface area contributed by atoms with Crippen molar-refractivity contribution < 1.29 is 0 Å². The van der Waals surface area contributed by atoms with Crippen LogP contribution in [0.25, 0.3) is 0 Å². The SMILES string of the molecule is CC(NCc1ccsc1)C(C)n1cccn1. The van der Waals surface area contributed by atoms with Crippen LogP contribution in [0.15, 0.2) is 35.3 Å². The van der Waals surface area contributed by atoms with E-state index in [1.165, 1.54) is 5.56 Å². The summed E-state index contributed by atoms with van der Waals surface area (Å²) in [6.45, 7) is 5.30. The Kier molecular flexibility index (Phi) is 3.74. The minimum Gasteiger partial charge on any atom is -0.308 e. The van der Waals surface area contributed by atoms with Crippen molar-refractivity contribution in [2.24, 2.45) is 0 Å². The van der Waals surface area contributed by atoms with Crippen molar-refractivity contribution in [2.45, 2.75) is 32.5 Å². The molecule has 3 nitrogen and oxygen atoms in total. The Morgan fingerprint density at radius 2 is 2.38 bits per heavy atom. The van der Waals surface area contributed by atoms with Gasteiger partial charge in [-0.2, -0.15) is 16.4 Å². The highest BCUT2D eigenvalue weighted by Gasteiger charge is 2.13. The average Bonchev–Trinajstić information content (AvgIpc) is 2.96. The first kappa shape index (κ1) is 11.4. The molecule has 0 amide bonds. The minimum absolute atomic E-state index is 0.369. The molecule has 0 saturated carbocycles. The summed E-state index contributed by atoms with van der Waals surface area (Å²) >= 11 is 1.74. The molecule has 0 bridgehead atoms. The molecule has 2 aromatic rings. The molecule has 4 heteroatoms. The van der Waals surface area contributed by atoms with E-state index in [1.54, 1.807) is 11.3 Å². The maximum absolute atomic E-state index is 4.26. The van der Waals surface area contributed by atoms with Crippen LogP contribution in [0.2, 0.25) is 0 Å². The van der Waals surface area contributed by atoms with Crippen LogP contribution in [-0.2, 0) is 6.54 Å². The molecule has 2 heterocycles. The second-order valence-corrected chi connectivity index (χ2v) is 4.81. The predicted octanol–water partition coefficient (Wildman–Crippen LogP) is 2.68. The number of nitrogens with zero attached hydrogens (tertiary/aromatic N) is 2. The van der Waals surface area contributed by atoms with Crippen LogP contribution in [0.4, 0.5) is 0 Å². The van der Waals surface area contributed by atoms with Gasteiger partial charge >= 0.3 is 0 Å². The van der Waals surface area contributed by atoms with Gasteiger partial charge in [0.15, 0.2) is 0 Å². The van der Waals surface area contributed by atoms with Crippen molar-refractivity contribution in [1.82, 2.24) is 15.1 Å². The van der Waals surface area contributed by atoms with Gasteiger partial charge in [-0.25, -0.2) is 0 Å². The summed E-state index contributed by atoms with van der Waals surface area (Å²) in [5.74, 6) is 0. The fourth-order valence-corrected chi connectivity index (χ4v) is 2.26. The zero-order chi connectivity index (χ0) is 11.4. The van der Waals surface area contributed by atoms with Gasteiger partial charge in [0.25, 0.3) is 0 Å². The predicted molar refractivity (Wildman–Crippen MR) is 67.6 cm³/mol. The van der Waals surface area contributed by atoms with Gasteiger partial charge in [0.1, 0.15) is 0 Å². The summed E-state index contributed by atoms with van der Waals surface area (Å²) in [6, 6.07) is 4.89. The van der Waals surface area contributed by atoms with Gasteiger partial charge < -0.3 is 5.32 Å². The van der Waals surface area contributed by atoms with Gasteiger partial charge in [0, 0.05) is 25.0 Å². The second-order valence-electron chi connectivity index (χ2n) is 4.03. The molecule has 86 valence electrons. The third-order valence-electron chi connectivity index (χ3n) is 2.87. The fourth-order valence-electron chi connectivity index (χ4n) is 1.59. The number of rotatable bonds is 5. The Morgan fingerprint density at radius 1 is 1.50 bits per heavy atom. The molecular weight excluding hydrogens is 218 g/mol. The topological polar surface area (TPSA) is 29.9 Å². The molecule has 1 N–H and O–H groups in total. The zero-order valence-electron chi connectivity index (χ0n) is 9.63. The van der Waals surface area contributed by atoms with Crippen molar-refractivity contribution in [3.8, 4) is 0 Å². The van der Waals surface area contributed by atoms with Crippen molar-refractivity contribution in [1.29, 1.82) is 0 Å². The van der Waals surface area contributed by atoms with E-state index in [4.69, 9.17) is 0 Å². The summed E-state index contributed by atoms with van der Waals surface area (Å²) in [6.07, 6.45) is 3.83. The molecule has 0 saturated heterocycles. The van der Waals surface area contributed by atoms with E-state index in [1.807, 2.05) is 23.1 Å². The van der Waals surface area contributed by atoms with Crippen LogP contribution in [0.3, 0.4) is 0 Å². The molecule has 2 rings (SSSR count). The Balaban J connectivity index is 1.86. The molecule has 16 heavy (non-hydrogen) atoms. The maximum atomic E-state index is 4.26. The van der Waals surface area contributed by atoms with Crippen LogP contribution < -0.4 is 5.32 Å². The summed E-state index contributed by atoms with van der Waals surface area (Å²) in [5.41, 5.74) is 1.35. The molecule has 2 aromatic heterocycles. The molecule has 0 fully saturated rings. The first-order valence-corrected chi connectivity index (χ1v) is 6.45. The molecule has 2 unspecified atom stereocenters. The van der Waals surface area contributed by atoms with Crippen LogP contribution in [0.1, 0.15) is 25.5 Å². The van der Waals surface area contributed by atoms with E-state index in [0.29, 0.717) is 12.1 Å². The standard InChI is InChI=1S/C12H17N3S/c1-10(11(2)15-6-3-5-14-15)13-8-12-4-7-16-9-12/h3-7,9-11,13H,8H2,1-2H3. The van der Waals surface area contributed by atoms with Gasteiger partial charge in [-0.1, -0.05) is 0 Å². The van der Waals surface area contributed by atoms with Crippen LogP contribution in [0, 0.1) is 0 Å². The molecule has 0 aliphatic rings. The first-order valence-electron chi connectivity index (χ1n) is 5.51. The van der Waals surface area contributed by atoms with Crippen molar-refractivity contribution in [2.75, 3.05) is 0 Å². The Morgan fingerprint density at radius 3 is 3.00 bits per heavy atom. The lowest BCUT2D eigenvalue weighted by Crippen LogP contribution is -2.33. The normalized spacial score (nSPS) is 14.9. The smallest absolute Gasteiger partial charge is 0.0641 e. The highest BCUT2D eigenvalue weighted by molar-refractivity contribution is 7.07. The first-order chi connectivity index (χ1) is 7.77. The number of nitrogens with one attached hydrogen (secondary N) is 1. The fraction of sp³-hybridized carbons (Fsp3) is 0.417. The van der Waals surface area contributed by atoms with Crippen molar-refractivity contribution in [3.63, 3.8) is 0 Å². The molecule has 0 spiro atoms. The van der Waals surface area contributed by atoms with Crippen LogP contribution in [-0.4, -0.2) is 15.8 Å². The third-order valence-corrected chi connectivity index (χ3v) is 3.61. The minimum atomic E-state index is 0.369. The summed E-state index contributed by atoms with van der Waals surface area (Å²) in [7, 11) is 0. The van der Waals surface area contributed by atoms with Crippen molar-refractivity contribution >= 4 is 11.3 Å². The lowest BCUT2D eigenvalue weighted by molar-refractivity contribution is 0.365. The lowest BCUT2D eigenvalue weighted by atomic mass is 10.1. The largest absolute Gasteiger partial charge is 0.308 e. The number of aromatic nitrogens is 2. The third kappa shape index (κ3) is 2.71. The Bertz CT molecular complexity index is 394. The molecule has 2 atom stereocenters. The number of thiophene rings is 1. The summed E-state index contributed by atoms with van der Waals surface area (Å²) in [4.78, 5) is 0. The monoisotopic (exact) mass is 235 g/mol. The average molecular weight is 235 g/mol. The zero-order valence-corrected chi connectivity index (χ0v) is 10.4. The quantitative estimate of drug-likeness (QED) is 0.863. The molecule has 0 radical (unpaired) electrons. The highest BCUT2D eigenvalue weighted by Crippen LogP contribution is 2.11. The lowest BCUT2D eigenvalue weighted by Gasteiger charge is -2.21. The van der Waals surface area contributed by atoms with Crippen molar-refractivity contribution in [3.05, 3.63) is 40.8 Å². The van der Waals surface area contributed by atoms with Gasteiger partial charge in [0.2, 0.25) is 0 Å². The van der Waals surface area contributed by atoms with Crippen LogP contribution >= 0.6 is 11.3 Å². The van der Waals surface area contributed by atoms with E-state index in [9.17, 15) is 0 Å². The Labute approximate surface area is 100 Å². The maximum Gasteiger partial charge on any atom is 0.0641 e. The number of hydrogen-bond donors (Lipinski definition) is 1. The van der Waals surface area contributed by atoms with Gasteiger partial charge in [0.05, 0.1) is 6.04 Å².